The predicted molar refractivity (Wildman–Crippen MR) is 75.5 cm³/mol. The summed E-state index contributed by atoms with van der Waals surface area (Å²) in [5.74, 6) is -0.762. The topological polar surface area (TPSA) is 21.3 Å². The third kappa shape index (κ3) is 3.36. The highest BCUT2D eigenvalue weighted by Crippen LogP contribution is 2.36. The molecule has 0 bridgehead atoms. The lowest BCUT2D eigenvalue weighted by atomic mass is 9.86. The van der Waals surface area contributed by atoms with Crippen molar-refractivity contribution in [2.45, 2.75) is 45.3 Å². The predicted octanol–water partition coefficient (Wildman–Crippen LogP) is 3.82. The van der Waals surface area contributed by atoms with Crippen molar-refractivity contribution in [1.29, 1.82) is 0 Å². The SMILES string of the molecule is CCCNC(c1ccc(F)cc1F)C1CCOC1CC. The molecular formula is C16H23F2NO. The molecule has 0 aromatic heterocycles. The van der Waals surface area contributed by atoms with E-state index in [1.165, 1.54) is 6.07 Å². The molecule has 0 spiro atoms. The van der Waals surface area contributed by atoms with Crippen LogP contribution in [0.25, 0.3) is 0 Å². The van der Waals surface area contributed by atoms with Crippen molar-refractivity contribution in [3.05, 3.63) is 35.4 Å². The van der Waals surface area contributed by atoms with Crippen LogP contribution in [0.2, 0.25) is 0 Å². The van der Waals surface area contributed by atoms with Gasteiger partial charge in [0.25, 0.3) is 0 Å². The summed E-state index contributed by atoms with van der Waals surface area (Å²) in [6, 6.07) is 3.74. The Morgan fingerprint density at radius 3 is 2.80 bits per heavy atom. The van der Waals surface area contributed by atoms with Gasteiger partial charge in [0.1, 0.15) is 11.6 Å². The van der Waals surface area contributed by atoms with Crippen LogP contribution in [-0.2, 0) is 4.74 Å². The Morgan fingerprint density at radius 2 is 2.15 bits per heavy atom. The molecule has 1 aliphatic rings. The van der Waals surface area contributed by atoms with Gasteiger partial charge in [0, 0.05) is 30.2 Å². The standard InChI is InChI=1S/C16H23F2NO/c1-3-8-19-16(13-7-9-20-15(13)4-2)12-6-5-11(17)10-14(12)18/h5-6,10,13,15-16,19H,3-4,7-9H2,1-2H3. The van der Waals surface area contributed by atoms with Gasteiger partial charge in [0.15, 0.2) is 0 Å². The van der Waals surface area contributed by atoms with E-state index in [1.807, 2.05) is 0 Å². The maximum atomic E-state index is 14.1. The number of hydrogen-bond donors (Lipinski definition) is 1. The summed E-state index contributed by atoms with van der Waals surface area (Å²) in [4.78, 5) is 0. The van der Waals surface area contributed by atoms with E-state index in [0.717, 1.165) is 38.5 Å². The first-order chi connectivity index (χ1) is 9.67. The van der Waals surface area contributed by atoms with Crippen molar-refractivity contribution in [3.8, 4) is 0 Å². The monoisotopic (exact) mass is 283 g/mol. The zero-order chi connectivity index (χ0) is 14.5. The number of halogens is 2. The van der Waals surface area contributed by atoms with Gasteiger partial charge in [-0.15, -0.1) is 0 Å². The summed E-state index contributed by atoms with van der Waals surface area (Å²) < 4.78 is 32.9. The lowest BCUT2D eigenvalue weighted by Gasteiger charge is -2.29. The Kier molecular flexibility index (Phi) is 5.49. The summed E-state index contributed by atoms with van der Waals surface area (Å²) >= 11 is 0. The molecular weight excluding hydrogens is 260 g/mol. The zero-order valence-electron chi connectivity index (χ0n) is 12.2. The highest BCUT2D eigenvalue weighted by Gasteiger charge is 2.35. The fourth-order valence-electron chi connectivity index (χ4n) is 3.01. The summed E-state index contributed by atoms with van der Waals surface area (Å²) in [5, 5.41) is 3.41. The highest BCUT2D eigenvalue weighted by molar-refractivity contribution is 5.23. The van der Waals surface area contributed by atoms with Crippen molar-refractivity contribution in [2.24, 2.45) is 5.92 Å². The molecule has 20 heavy (non-hydrogen) atoms. The Hall–Kier alpha value is -1.00. The average Bonchev–Trinajstić information content (AvgIpc) is 2.89. The first-order valence-electron chi connectivity index (χ1n) is 7.47. The first kappa shape index (κ1) is 15.4. The van der Waals surface area contributed by atoms with Crippen molar-refractivity contribution >= 4 is 0 Å². The van der Waals surface area contributed by atoms with E-state index in [4.69, 9.17) is 4.74 Å². The molecule has 1 fully saturated rings. The molecule has 0 aliphatic carbocycles. The van der Waals surface area contributed by atoms with Gasteiger partial charge in [-0.1, -0.05) is 19.9 Å². The number of ether oxygens (including phenoxy) is 1. The van der Waals surface area contributed by atoms with E-state index in [1.54, 1.807) is 6.07 Å². The van der Waals surface area contributed by atoms with Crippen LogP contribution in [0.3, 0.4) is 0 Å². The molecule has 3 unspecified atom stereocenters. The molecule has 2 nitrogen and oxygen atoms in total. The van der Waals surface area contributed by atoms with Gasteiger partial charge in [0.2, 0.25) is 0 Å². The molecule has 1 aromatic carbocycles. The fourth-order valence-corrected chi connectivity index (χ4v) is 3.01. The quantitative estimate of drug-likeness (QED) is 0.857. The molecule has 3 atom stereocenters. The molecule has 1 N–H and O–H groups in total. The summed E-state index contributed by atoms with van der Waals surface area (Å²) in [7, 11) is 0. The van der Waals surface area contributed by atoms with Crippen LogP contribution in [0.1, 0.15) is 44.7 Å². The maximum absolute atomic E-state index is 14.1. The molecule has 1 heterocycles. The molecule has 4 heteroatoms. The Bertz CT molecular complexity index is 438. The number of hydrogen-bond acceptors (Lipinski definition) is 2. The van der Waals surface area contributed by atoms with Crippen molar-refractivity contribution in [1.82, 2.24) is 5.32 Å². The summed E-state index contributed by atoms with van der Waals surface area (Å²) in [5.41, 5.74) is 0.550. The number of rotatable bonds is 6. The van der Waals surface area contributed by atoms with Crippen LogP contribution in [0.4, 0.5) is 8.78 Å². The minimum Gasteiger partial charge on any atom is -0.378 e. The van der Waals surface area contributed by atoms with Gasteiger partial charge in [-0.25, -0.2) is 8.78 Å². The summed E-state index contributed by atoms with van der Waals surface area (Å²) in [6.45, 7) is 5.69. The van der Waals surface area contributed by atoms with Crippen LogP contribution in [0.15, 0.2) is 18.2 Å². The molecule has 2 rings (SSSR count). The molecule has 0 amide bonds. The van der Waals surface area contributed by atoms with Crippen molar-refractivity contribution < 1.29 is 13.5 Å². The zero-order valence-corrected chi connectivity index (χ0v) is 12.2. The maximum Gasteiger partial charge on any atom is 0.130 e. The first-order valence-corrected chi connectivity index (χ1v) is 7.47. The average molecular weight is 283 g/mol. The molecule has 1 aromatic rings. The smallest absolute Gasteiger partial charge is 0.130 e. The largest absolute Gasteiger partial charge is 0.378 e. The van der Waals surface area contributed by atoms with Gasteiger partial charge < -0.3 is 10.1 Å². The normalized spacial score (nSPS) is 24.0. The van der Waals surface area contributed by atoms with Crippen molar-refractivity contribution in [3.63, 3.8) is 0 Å². The van der Waals surface area contributed by atoms with E-state index in [-0.39, 0.29) is 18.1 Å². The third-order valence-electron chi connectivity index (χ3n) is 4.00. The minimum absolute atomic E-state index is 0.108. The van der Waals surface area contributed by atoms with Gasteiger partial charge in [-0.05, 0) is 31.9 Å². The van der Waals surface area contributed by atoms with Crippen LogP contribution in [-0.4, -0.2) is 19.3 Å². The number of nitrogens with one attached hydrogen (secondary N) is 1. The summed E-state index contributed by atoms with van der Waals surface area (Å²) in [6.07, 6.45) is 2.95. The van der Waals surface area contributed by atoms with Crippen LogP contribution < -0.4 is 5.32 Å². The van der Waals surface area contributed by atoms with Gasteiger partial charge in [-0.2, -0.15) is 0 Å². The second-order valence-corrected chi connectivity index (χ2v) is 5.37. The van der Waals surface area contributed by atoms with Gasteiger partial charge in [-0.3, -0.25) is 0 Å². The van der Waals surface area contributed by atoms with Crippen molar-refractivity contribution in [2.75, 3.05) is 13.2 Å². The van der Waals surface area contributed by atoms with E-state index in [2.05, 4.69) is 19.2 Å². The second-order valence-electron chi connectivity index (χ2n) is 5.37. The Balaban J connectivity index is 2.26. The lowest BCUT2D eigenvalue weighted by Crippen LogP contribution is -2.34. The van der Waals surface area contributed by atoms with E-state index >= 15 is 0 Å². The molecule has 0 radical (unpaired) electrons. The van der Waals surface area contributed by atoms with Crippen LogP contribution in [0, 0.1) is 17.6 Å². The Labute approximate surface area is 119 Å². The molecule has 112 valence electrons. The van der Waals surface area contributed by atoms with Gasteiger partial charge >= 0.3 is 0 Å². The van der Waals surface area contributed by atoms with E-state index < -0.39 is 11.6 Å². The minimum atomic E-state index is -0.532. The molecule has 0 saturated carbocycles. The third-order valence-corrected chi connectivity index (χ3v) is 4.00. The van der Waals surface area contributed by atoms with Crippen LogP contribution >= 0.6 is 0 Å². The molecule has 1 aliphatic heterocycles. The fraction of sp³-hybridized carbons (Fsp3) is 0.625. The van der Waals surface area contributed by atoms with E-state index in [9.17, 15) is 8.78 Å². The molecule has 1 saturated heterocycles. The second kappa shape index (κ2) is 7.14. The highest BCUT2D eigenvalue weighted by atomic mass is 19.1. The number of benzene rings is 1. The van der Waals surface area contributed by atoms with Gasteiger partial charge in [0.05, 0.1) is 6.10 Å². The lowest BCUT2D eigenvalue weighted by molar-refractivity contribution is 0.0770. The Morgan fingerprint density at radius 1 is 1.35 bits per heavy atom. The van der Waals surface area contributed by atoms with E-state index in [0.29, 0.717) is 5.56 Å². The van der Waals surface area contributed by atoms with Crippen LogP contribution in [0.5, 0.6) is 0 Å².